The van der Waals surface area contributed by atoms with E-state index in [0.717, 1.165) is 12.8 Å². The van der Waals surface area contributed by atoms with Crippen molar-refractivity contribution >= 4 is 11.6 Å². The first-order valence-electron chi connectivity index (χ1n) is 8.60. The summed E-state index contributed by atoms with van der Waals surface area (Å²) in [5, 5.41) is 2.76. The smallest absolute Gasteiger partial charge is 0.282 e. The van der Waals surface area contributed by atoms with Crippen LogP contribution < -0.4 is 15.0 Å². The van der Waals surface area contributed by atoms with Gasteiger partial charge in [0, 0.05) is 12.0 Å². The zero-order chi connectivity index (χ0) is 17.6. The fourth-order valence-electron chi connectivity index (χ4n) is 2.87. The number of halogens is 2. The molecule has 0 aromatic carbocycles. The first kappa shape index (κ1) is 16.5. The van der Waals surface area contributed by atoms with Crippen LogP contribution in [0.15, 0.2) is 12.1 Å². The lowest BCUT2D eigenvalue weighted by molar-refractivity contribution is -0.117. The minimum Gasteiger partial charge on any atom is -0.477 e. The molecule has 0 radical (unpaired) electrons. The van der Waals surface area contributed by atoms with Crippen LogP contribution in [0, 0.1) is 11.8 Å². The largest absolute Gasteiger partial charge is 0.477 e. The van der Waals surface area contributed by atoms with Crippen molar-refractivity contribution in [3.05, 3.63) is 17.8 Å². The Morgan fingerprint density at radius 1 is 1.44 bits per heavy atom. The maximum atomic E-state index is 13.2. The highest BCUT2D eigenvalue weighted by Gasteiger charge is 2.45. The molecule has 2 saturated heterocycles. The monoisotopic (exact) mass is 353 g/mol. The third-order valence-electron chi connectivity index (χ3n) is 4.74. The Morgan fingerprint density at radius 2 is 2.20 bits per heavy atom. The molecule has 0 bridgehead atoms. The van der Waals surface area contributed by atoms with Crippen LogP contribution in [0.1, 0.15) is 30.3 Å². The number of ether oxygens (including phenoxy) is 2. The molecule has 6 nitrogen and oxygen atoms in total. The van der Waals surface area contributed by atoms with Crippen LogP contribution in [0.5, 0.6) is 5.88 Å². The quantitative estimate of drug-likeness (QED) is 0.848. The number of rotatable bonds is 6. The Labute approximate surface area is 144 Å². The fourth-order valence-corrected chi connectivity index (χ4v) is 2.87. The summed E-state index contributed by atoms with van der Waals surface area (Å²) in [6.45, 7) is 2.31. The van der Waals surface area contributed by atoms with E-state index in [4.69, 9.17) is 9.47 Å². The van der Waals surface area contributed by atoms with Gasteiger partial charge >= 0.3 is 0 Å². The predicted octanol–water partition coefficient (Wildman–Crippen LogP) is 2.05. The van der Waals surface area contributed by atoms with E-state index in [0.29, 0.717) is 30.7 Å². The molecule has 2 atom stereocenters. The summed E-state index contributed by atoms with van der Waals surface area (Å²) in [5.74, 6) is -2.04. The molecule has 0 spiro atoms. The molecule has 2 unspecified atom stereocenters. The average molecular weight is 353 g/mol. The average Bonchev–Trinajstić information content (AvgIpc) is 3.38. The fraction of sp³-hybridized carbons (Fsp3) is 0.647. The number of carbonyl (C=O) groups is 1. The van der Waals surface area contributed by atoms with Crippen molar-refractivity contribution in [2.75, 3.05) is 31.2 Å². The molecule has 3 fully saturated rings. The molecular formula is C17H21F2N3O3. The summed E-state index contributed by atoms with van der Waals surface area (Å²) in [5.41, 5.74) is 0.501. The van der Waals surface area contributed by atoms with Crippen LogP contribution in [0.4, 0.5) is 14.5 Å². The minimum atomic E-state index is -2.72. The van der Waals surface area contributed by atoms with Crippen molar-refractivity contribution in [3.8, 4) is 5.88 Å². The molecular weight excluding hydrogens is 332 g/mol. The van der Waals surface area contributed by atoms with Crippen LogP contribution in [0.2, 0.25) is 0 Å². The summed E-state index contributed by atoms with van der Waals surface area (Å²) in [4.78, 5) is 18.3. The molecule has 1 aliphatic carbocycles. The van der Waals surface area contributed by atoms with Gasteiger partial charge in [0.05, 0.1) is 32.0 Å². The molecule has 3 heterocycles. The number of aromatic nitrogens is 1. The zero-order valence-corrected chi connectivity index (χ0v) is 14.0. The molecule has 1 aromatic rings. The second-order valence-corrected chi connectivity index (χ2v) is 7.19. The predicted molar refractivity (Wildman–Crippen MR) is 86.0 cm³/mol. The Bertz CT molecular complexity index is 673. The number of hydrogen-bond donors (Lipinski definition) is 1. The van der Waals surface area contributed by atoms with Gasteiger partial charge in [-0.2, -0.15) is 0 Å². The molecule has 1 aromatic heterocycles. The van der Waals surface area contributed by atoms with Gasteiger partial charge in [0.2, 0.25) is 5.88 Å². The first-order chi connectivity index (χ1) is 11.9. The summed E-state index contributed by atoms with van der Waals surface area (Å²) in [7, 11) is 0. The molecule has 3 aliphatic rings. The second kappa shape index (κ2) is 6.09. The maximum absolute atomic E-state index is 13.2. The van der Waals surface area contributed by atoms with Crippen LogP contribution in [-0.4, -0.2) is 49.3 Å². The van der Waals surface area contributed by atoms with Crippen molar-refractivity contribution in [3.63, 3.8) is 0 Å². The second-order valence-electron chi connectivity index (χ2n) is 7.19. The van der Waals surface area contributed by atoms with Gasteiger partial charge in [-0.05, 0) is 24.8 Å². The van der Waals surface area contributed by atoms with Crippen LogP contribution in [0.3, 0.4) is 0 Å². The summed E-state index contributed by atoms with van der Waals surface area (Å²) in [6, 6.07) is 3.26. The van der Waals surface area contributed by atoms with E-state index < -0.39 is 24.9 Å². The maximum Gasteiger partial charge on any atom is 0.282 e. The number of pyridine rings is 1. The van der Waals surface area contributed by atoms with Gasteiger partial charge < -0.3 is 19.7 Å². The molecule has 136 valence electrons. The lowest BCUT2D eigenvalue weighted by Gasteiger charge is -2.41. The molecule has 1 saturated carbocycles. The van der Waals surface area contributed by atoms with Gasteiger partial charge in [0.15, 0.2) is 5.69 Å². The SMILES string of the molecule is CC1COC1NC(=O)c1nc(OCC2CC2)ccc1N1CC(F)(F)C1. The highest BCUT2D eigenvalue weighted by Crippen LogP contribution is 2.35. The van der Waals surface area contributed by atoms with E-state index in [1.54, 1.807) is 12.1 Å². The van der Waals surface area contributed by atoms with E-state index >= 15 is 0 Å². The number of amides is 1. The molecule has 1 amide bonds. The number of nitrogens with zero attached hydrogens (tertiary/aromatic N) is 2. The lowest BCUT2D eigenvalue weighted by atomic mass is 10.1. The minimum absolute atomic E-state index is 0.103. The van der Waals surface area contributed by atoms with Gasteiger partial charge in [-0.15, -0.1) is 0 Å². The topological polar surface area (TPSA) is 63.7 Å². The van der Waals surface area contributed by atoms with E-state index in [2.05, 4.69) is 10.3 Å². The summed E-state index contributed by atoms with van der Waals surface area (Å²) >= 11 is 0. The van der Waals surface area contributed by atoms with Crippen LogP contribution in [0.25, 0.3) is 0 Å². The number of carbonyl (C=O) groups excluding carboxylic acids is 1. The lowest BCUT2D eigenvalue weighted by Crippen LogP contribution is -2.57. The van der Waals surface area contributed by atoms with Gasteiger partial charge in [-0.1, -0.05) is 6.92 Å². The first-order valence-corrected chi connectivity index (χ1v) is 8.60. The van der Waals surface area contributed by atoms with Crippen molar-refractivity contribution in [1.29, 1.82) is 0 Å². The molecule has 8 heteroatoms. The molecule has 25 heavy (non-hydrogen) atoms. The van der Waals surface area contributed by atoms with Crippen molar-refractivity contribution in [1.82, 2.24) is 10.3 Å². The number of nitrogens with one attached hydrogen (secondary N) is 1. The third kappa shape index (κ3) is 3.53. The Hall–Kier alpha value is -1.96. The molecule has 1 N–H and O–H groups in total. The van der Waals surface area contributed by atoms with Gasteiger partial charge in [-0.25, -0.2) is 13.8 Å². The van der Waals surface area contributed by atoms with E-state index in [9.17, 15) is 13.6 Å². The molecule has 2 aliphatic heterocycles. The number of hydrogen-bond acceptors (Lipinski definition) is 5. The Balaban J connectivity index is 1.52. The van der Waals surface area contributed by atoms with Crippen LogP contribution in [-0.2, 0) is 4.74 Å². The van der Waals surface area contributed by atoms with Gasteiger partial charge in [0.25, 0.3) is 11.8 Å². The third-order valence-corrected chi connectivity index (χ3v) is 4.74. The molecule has 4 rings (SSSR count). The van der Waals surface area contributed by atoms with Gasteiger partial charge in [0.1, 0.15) is 6.23 Å². The van der Waals surface area contributed by atoms with Crippen molar-refractivity contribution in [2.45, 2.75) is 31.9 Å². The summed E-state index contributed by atoms with van der Waals surface area (Å²) in [6.07, 6.45) is 1.92. The van der Waals surface area contributed by atoms with E-state index in [1.807, 2.05) is 6.92 Å². The number of alkyl halides is 2. The normalized spacial score (nSPS) is 27.2. The zero-order valence-electron chi connectivity index (χ0n) is 14.0. The Morgan fingerprint density at radius 3 is 2.76 bits per heavy atom. The highest BCUT2D eigenvalue weighted by atomic mass is 19.3. The van der Waals surface area contributed by atoms with Crippen molar-refractivity contribution < 1.29 is 23.0 Å². The van der Waals surface area contributed by atoms with Crippen molar-refractivity contribution in [2.24, 2.45) is 11.8 Å². The number of anilines is 1. The van der Waals surface area contributed by atoms with E-state index in [1.165, 1.54) is 4.90 Å². The van der Waals surface area contributed by atoms with Gasteiger partial charge in [-0.3, -0.25) is 4.79 Å². The summed E-state index contributed by atoms with van der Waals surface area (Å²) < 4.78 is 37.4. The van der Waals surface area contributed by atoms with E-state index in [-0.39, 0.29) is 17.8 Å². The van der Waals surface area contributed by atoms with Crippen LogP contribution >= 0.6 is 0 Å². The standard InChI is InChI=1S/C17H21F2N3O3/c1-10-6-25-16(10)21-15(23)14-12(22-8-17(18,19)9-22)4-5-13(20-14)24-7-11-2-3-11/h4-5,10-11,16H,2-3,6-9H2,1H3,(H,21,23). The highest BCUT2D eigenvalue weighted by molar-refractivity contribution is 5.98. The Kier molecular flexibility index (Phi) is 4.02.